The van der Waals surface area contributed by atoms with Crippen LogP contribution in [0.3, 0.4) is 0 Å². The highest BCUT2D eigenvalue weighted by atomic mass is 79.9. The Bertz CT molecular complexity index is 182. The summed E-state index contributed by atoms with van der Waals surface area (Å²) in [5.41, 5.74) is 5.74. The zero-order valence-corrected chi connectivity index (χ0v) is 9.89. The quantitative estimate of drug-likeness (QED) is 0.827. The maximum Gasteiger partial charge on any atom is 0.0300 e. The summed E-state index contributed by atoms with van der Waals surface area (Å²) in [6.07, 6.45) is 3.84. The van der Waals surface area contributed by atoms with Crippen molar-refractivity contribution in [3.63, 3.8) is 0 Å². The molecule has 1 heterocycles. The van der Waals surface area contributed by atoms with E-state index in [-0.39, 0.29) is 0 Å². The summed E-state index contributed by atoms with van der Waals surface area (Å²) in [5, 5.41) is 0. The molecule has 0 spiro atoms. The van der Waals surface area contributed by atoms with E-state index in [1.165, 1.54) is 19.3 Å². The maximum absolute atomic E-state index is 5.74. The van der Waals surface area contributed by atoms with Crippen molar-refractivity contribution < 1.29 is 0 Å². The molecule has 0 aliphatic carbocycles. The van der Waals surface area contributed by atoms with Crippen LogP contribution in [0.1, 0.15) is 26.2 Å². The fourth-order valence-corrected chi connectivity index (χ4v) is 2.37. The van der Waals surface area contributed by atoms with E-state index in [2.05, 4.69) is 34.3 Å². The van der Waals surface area contributed by atoms with Crippen molar-refractivity contribution in [1.29, 1.82) is 0 Å². The number of halogens is 1. The van der Waals surface area contributed by atoms with Gasteiger partial charge in [0, 0.05) is 29.7 Å². The Morgan fingerprint density at radius 1 is 1.62 bits per heavy atom. The lowest BCUT2D eigenvalue weighted by Crippen LogP contribution is -2.49. The van der Waals surface area contributed by atoms with Crippen LogP contribution in [0.4, 0.5) is 0 Å². The summed E-state index contributed by atoms with van der Waals surface area (Å²) in [5.74, 6) is 0. The van der Waals surface area contributed by atoms with E-state index in [9.17, 15) is 0 Å². The largest absolute Gasteiger partial charge is 0.329 e. The molecule has 0 aromatic carbocycles. The van der Waals surface area contributed by atoms with Crippen molar-refractivity contribution in [2.24, 2.45) is 5.73 Å². The van der Waals surface area contributed by atoms with E-state index >= 15 is 0 Å². The predicted molar refractivity (Wildman–Crippen MR) is 60.9 cm³/mol. The van der Waals surface area contributed by atoms with Gasteiger partial charge in [-0.3, -0.25) is 4.90 Å². The molecule has 2 unspecified atom stereocenters. The molecule has 2 atom stereocenters. The standard InChI is InChI=1S/C10H19BrN2/c1-8(11)7-13-9(2)4-3-5-10(13)6-12/h9-10H,1,3-7,12H2,2H3. The van der Waals surface area contributed by atoms with Crippen LogP contribution in [-0.4, -0.2) is 30.1 Å². The molecular formula is C10H19BrN2. The Labute approximate surface area is 89.3 Å². The first-order valence-corrected chi connectivity index (χ1v) is 5.73. The van der Waals surface area contributed by atoms with Crippen LogP contribution in [0.15, 0.2) is 11.1 Å². The molecule has 0 amide bonds. The minimum atomic E-state index is 0.554. The van der Waals surface area contributed by atoms with E-state index in [1.807, 2.05) is 0 Å². The van der Waals surface area contributed by atoms with Gasteiger partial charge in [0.1, 0.15) is 0 Å². The van der Waals surface area contributed by atoms with Gasteiger partial charge in [-0.15, -0.1) is 0 Å². The monoisotopic (exact) mass is 246 g/mol. The number of nitrogens with two attached hydrogens (primary N) is 1. The summed E-state index contributed by atoms with van der Waals surface area (Å²) in [4.78, 5) is 2.46. The topological polar surface area (TPSA) is 29.3 Å². The van der Waals surface area contributed by atoms with Crippen LogP contribution in [0.5, 0.6) is 0 Å². The molecule has 3 heteroatoms. The Kier molecular flexibility index (Phi) is 4.42. The number of rotatable bonds is 3. The molecule has 1 saturated heterocycles. The number of piperidine rings is 1. The third kappa shape index (κ3) is 3.08. The lowest BCUT2D eigenvalue weighted by atomic mass is 9.96. The molecule has 2 nitrogen and oxygen atoms in total. The van der Waals surface area contributed by atoms with E-state index in [0.29, 0.717) is 12.1 Å². The second-order valence-corrected chi connectivity index (χ2v) is 4.98. The Morgan fingerprint density at radius 2 is 2.31 bits per heavy atom. The van der Waals surface area contributed by atoms with Crippen molar-refractivity contribution >= 4 is 15.9 Å². The molecule has 1 aliphatic rings. The van der Waals surface area contributed by atoms with Crippen molar-refractivity contribution in [2.75, 3.05) is 13.1 Å². The van der Waals surface area contributed by atoms with Crippen molar-refractivity contribution in [3.8, 4) is 0 Å². The SMILES string of the molecule is C=C(Br)CN1C(C)CCCC1CN. The van der Waals surface area contributed by atoms with E-state index < -0.39 is 0 Å². The van der Waals surface area contributed by atoms with Crippen LogP contribution in [0, 0.1) is 0 Å². The number of hydrogen-bond donors (Lipinski definition) is 1. The fourth-order valence-electron chi connectivity index (χ4n) is 2.08. The first-order chi connectivity index (χ1) is 6.15. The molecule has 0 bridgehead atoms. The van der Waals surface area contributed by atoms with Gasteiger partial charge in [0.2, 0.25) is 0 Å². The van der Waals surface area contributed by atoms with Gasteiger partial charge in [-0.1, -0.05) is 28.9 Å². The van der Waals surface area contributed by atoms with Crippen molar-refractivity contribution in [2.45, 2.75) is 38.3 Å². The number of likely N-dealkylation sites (tertiary alicyclic amines) is 1. The van der Waals surface area contributed by atoms with Gasteiger partial charge in [0.25, 0.3) is 0 Å². The first-order valence-electron chi connectivity index (χ1n) is 4.94. The molecule has 0 aromatic heterocycles. The zero-order valence-electron chi connectivity index (χ0n) is 8.30. The highest BCUT2D eigenvalue weighted by Crippen LogP contribution is 2.23. The first kappa shape index (κ1) is 11.2. The van der Waals surface area contributed by atoms with Gasteiger partial charge in [0.05, 0.1) is 0 Å². The fraction of sp³-hybridized carbons (Fsp3) is 0.800. The van der Waals surface area contributed by atoms with Crippen molar-refractivity contribution in [1.82, 2.24) is 4.90 Å². The van der Waals surface area contributed by atoms with Gasteiger partial charge < -0.3 is 5.73 Å². The Balaban J connectivity index is 2.56. The molecule has 1 fully saturated rings. The highest BCUT2D eigenvalue weighted by molar-refractivity contribution is 9.11. The lowest BCUT2D eigenvalue weighted by molar-refractivity contribution is 0.111. The average molecular weight is 247 g/mol. The molecule has 0 saturated carbocycles. The molecule has 1 rings (SSSR count). The van der Waals surface area contributed by atoms with E-state index in [4.69, 9.17) is 5.73 Å². The second kappa shape index (κ2) is 5.13. The highest BCUT2D eigenvalue weighted by Gasteiger charge is 2.26. The molecule has 1 aliphatic heterocycles. The molecular weight excluding hydrogens is 228 g/mol. The van der Waals surface area contributed by atoms with Crippen LogP contribution in [0.25, 0.3) is 0 Å². The van der Waals surface area contributed by atoms with Gasteiger partial charge in [-0.25, -0.2) is 0 Å². The molecule has 0 aromatic rings. The summed E-state index contributed by atoms with van der Waals surface area (Å²) in [6.45, 7) is 7.86. The third-order valence-electron chi connectivity index (χ3n) is 2.82. The van der Waals surface area contributed by atoms with Gasteiger partial charge in [0.15, 0.2) is 0 Å². The number of hydrogen-bond acceptors (Lipinski definition) is 2. The second-order valence-electron chi connectivity index (χ2n) is 3.86. The molecule has 0 radical (unpaired) electrons. The normalized spacial score (nSPS) is 30.4. The molecule has 2 N–H and O–H groups in total. The smallest absolute Gasteiger partial charge is 0.0300 e. The summed E-state index contributed by atoms with van der Waals surface area (Å²) in [6, 6.07) is 1.20. The minimum absolute atomic E-state index is 0.554. The maximum atomic E-state index is 5.74. The summed E-state index contributed by atoms with van der Waals surface area (Å²) in [7, 11) is 0. The summed E-state index contributed by atoms with van der Waals surface area (Å²) < 4.78 is 1.06. The minimum Gasteiger partial charge on any atom is -0.329 e. The van der Waals surface area contributed by atoms with Crippen molar-refractivity contribution in [3.05, 3.63) is 11.1 Å². The van der Waals surface area contributed by atoms with Gasteiger partial charge >= 0.3 is 0 Å². The van der Waals surface area contributed by atoms with Gasteiger partial charge in [-0.2, -0.15) is 0 Å². The van der Waals surface area contributed by atoms with Gasteiger partial charge in [-0.05, 0) is 19.8 Å². The van der Waals surface area contributed by atoms with Crippen LogP contribution >= 0.6 is 15.9 Å². The third-order valence-corrected chi connectivity index (χ3v) is 3.07. The zero-order chi connectivity index (χ0) is 9.84. The number of nitrogens with zero attached hydrogens (tertiary/aromatic N) is 1. The Morgan fingerprint density at radius 3 is 2.85 bits per heavy atom. The molecule has 76 valence electrons. The average Bonchev–Trinajstić information content (AvgIpc) is 2.08. The lowest BCUT2D eigenvalue weighted by Gasteiger charge is -2.40. The predicted octanol–water partition coefficient (Wildman–Crippen LogP) is 2.10. The van der Waals surface area contributed by atoms with Crippen LogP contribution in [-0.2, 0) is 0 Å². The summed E-state index contributed by atoms with van der Waals surface area (Å²) >= 11 is 3.42. The van der Waals surface area contributed by atoms with Crippen LogP contribution in [0.2, 0.25) is 0 Å². The molecule has 13 heavy (non-hydrogen) atoms. The van der Waals surface area contributed by atoms with E-state index in [1.54, 1.807) is 0 Å². The Hall–Kier alpha value is 0.140. The van der Waals surface area contributed by atoms with Crippen LogP contribution < -0.4 is 5.73 Å². The van der Waals surface area contributed by atoms with E-state index in [0.717, 1.165) is 17.6 Å².